The first-order valence-corrected chi connectivity index (χ1v) is 6.15. The molecule has 0 spiro atoms. The average molecular weight is 276 g/mol. The SMILES string of the molecule is NCc1cccc(CN=C(N)N)c1.O=S(=O)(O)O. The van der Waals surface area contributed by atoms with Crippen LogP contribution in [-0.4, -0.2) is 23.5 Å². The molecule has 0 fully saturated rings. The Kier molecular flexibility index (Phi) is 6.90. The largest absolute Gasteiger partial charge is 0.394 e. The molecule has 0 aliphatic heterocycles. The molecule has 0 aliphatic carbocycles. The van der Waals surface area contributed by atoms with E-state index in [9.17, 15) is 0 Å². The molecule has 1 aromatic carbocycles. The Morgan fingerprint density at radius 1 is 1.22 bits per heavy atom. The number of rotatable bonds is 3. The van der Waals surface area contributed by atoms with Gasteiger partial charge in [-0.2, -0.15) is 8.42 Å². The van der Waals surface area contributed by atoms with Gasteiger partial charge >= 0.3 is 10.4 Å². The molecule has 0 saturated heterocycles. The van der Waals surface area contributed by atoms with Crippen LogP contribution in [0.3, 0.4) is 0 Å². The third-order valence-corrected chi connectivity index (χ3v) is 1.67. The third kappa shape index (κ3) is 10.8. The average Bonchev–Trinajstić information content (AvgIpc) is 2.24. The lowest BCUT2D eigenvalue weighted by atomic mass is 10.1. The predicted octanol–water partition coefficient (Wildman–Crippen LogP) is -0.734. The normalized spacial score (nSPS) is 10.2. The summed E-state index contributed by atoms with van der Waals surface area (Å²) in [6.07, 6.45) is 0. The van der Waals surface area contributed by atoms with Crippen molar-refractivity contribution < 1.29 is 17.5 Å². The van der Waals surface area contributed by atoms with Gasteiger partial charge in [0, 0.05) is 6.54 Å². The molecule has 0 saturated carbocycles. The summed E-state index contributed by atoms with van der Waals surface area (Å²) < 4.78 is 31.6. The van der Waals surface area contributed by atoms with E-state index >= 15 is 0 Å². The number of nitrogens with two attached hydrogens (primary N) is 3. The van der Waals surface area contributed by atoms with Crippen molar-refractivity contribution in [2.75, 3.05) is 0 Å². The van der Waals surface area contributed by atoms with E-state index in [1.54, 1.807) is 0 Å². The third-order valence-electron chi connectivity index (χ3n) is 1.67. The van der Waals surface area contributed by atoms with Crippen molar-refractivity contribution in [1.29, 1.82) is 0 Å². The maximum atomic E-state index is 8.74. The van der Waals surface area contributed by atoms with Gasteiger partial charge in [-0.3, -0.25) is 9.11 Å². The van der Waals surface area contributed by atoms with Gasteiger partial charge in [0.2, 0.25) is 0 Å². The molecule has 9 heteroatoms. The molecular formula is C9H16N4O4S. The Bertz CT molecular complexity index is 489. The predicted molar refractivity (Wildman–Crippen MR) is 68.0 cm³/mol. The molecule has 0 radical (unpaired) electrons. The van der Waals surface area contributed by atoms with Crippen molar-refractivity contribution in [1.82, 2.24) is 0 Å². The van der Waals surface area contributed by atoms with Gasteiger partial charge in [0.05, 0.1) is 6.54 Å². The maximum absolute atomic E-state index is 8.74. The van der Waals surface area contributed by atoms with E-state index in [2.05, 4.69) is 4.99 Å². The van der Waals surface area contributed by atoms with E-state index < -0.39 is 10.4 Å². The highest BCUT2D eigenvalue weighted by Gasteiger charge is 1.93. The summed E-state index contributed by atoms with van der Waals surface area (Å²) in [4.78, 5) is 3.90. The minimum atomic E-state index is -4.67. The number of benzene rings is 1. The van der Waals surface area contributed by atoms with E-state index in [0.29, 0.717) is 13.1 Å². The van der Waals surface area contributed by atoms with Crippen molar-refractivity contribution in [3.63, 3.8) is 0 Å². The zero-order valence-electron chi connectivity index (χ0n) is 9.52. The summed E-state index contributed by atoms with van der Waals surface area (Å²) in [5.41, 5.74) is 18.1. The Hall–Kier alpha value is -1.68. The van der Waals surface area contributed by atoms with Crippen LogP contribution in [0.15, 0.2) is 29.3 Å². The van der Waals surface area contributed by atoms with Crippen LogP contribution in [0.4, 0.5) is 0 Å². The number of aliphatic imine (C=N–C) groups is 1. The fraction of sp³-hybridized carbons (Fsp3) is 0.222. The highest BCUT2D eigenvalue weighted by atomic mass is 32.3. The Morgan fingerprint density at radius 3 is 2.17 bits per heavy atom. The quantitative estimate of drug-likeness (QED) is 0.275. The van der Waals surface area contributed by atoms with E-state index in [1.165, 1.54) is 0 Å². The molecule has 0 unspecified atom stereocenters. The van der Waals surface area contributed by atoms with Gasteiger partial charge in [0.15, 0.2) is 5.96 Å². The summed E-state index contributed by atoms with van der Waals surface area (Å²) in [6, 6.07) is 7.87. The van der Waals surface area contributed by atoms with Crippen LogP contribution in [-0.2, 0) is 23.5 Å². The van der Waals surface area contributed by atoms with Crippen LogP contribution in [0.1, 0.15) is 11.1 Å². The van der Waals surface area contributed by atoms with E-state index in [1.807, 2.05) is 24.3 Å². The van der Waals surface area contributed by atoms with Gasteiger partial charge in [-0.25, -0.2) is 4.99 Å². The van der Waals surface area contributed by atoms with Gasteiger partial charge in [0.1, 0.15) is 0 Å². The smallest absolute Gasteiger partial charge is 0.370 e. The minimum absolute atomic E-state index is 0.109. The van der Waals surface area contributed by atoms with Gasteiger partial charge in [0.25, 0.3) is 0 Å². The number of guanidine groups is 1. The van der Waals surface area contributed by atoms with Crippen LogP contribution in [0.5, 0.6) is 0 Å². The fourth-order valence-electron chi connectivity index (χ4n) is 1.04. The summed E-state index contributed by atoms with van der Waals surface area (Å²) in [5.74, 6) is 0.109. The van der Waals surface area contributed by atoms with Gasteiger partial charge < -0.3 is 17.2 Å². The molecule has 0 aromatic heterocycles. The molecule has 0 aliphatic rings. The van der Waals surface area contributed by atoms with Crippen molar-refractivity contribution in [2.45, 2.75) is 13.1 Å². The van der Waals surface area contributed by atoms with Crippen molar-refractivity contribution >= 4 is 16.4 Å². The lowest BCUT2D eigenvalue weighted by Gasteiger charge is -2.00. The molecule has 102 valence electrons. The second-order valence-electron chi connectivity index (χ2n) is 3.21. The van der Waals surface area contributed by atoms with Crippen molar-refractivity contribution in [3.8, 4) is 0 Å². The van der Waals surface area contributed by atoms with Crippen LogP contribution < -0.4 is 17.2 Å². The number of hydrogen-bond donors (Lipinski definition) is 5. The molecule has 1 aromatic rings. The molecule has 0 amide bonds. The van der Waals surface area contributed by atoms with Crippen molar-refractivity contribution in [3.05, 3.63) is 35.4 Å². The summed E-state index contributed by atoms with van der Waals surface area (Å²) in [6.45, 7) is 1.05. The summed E-state index contributed by atoms with van der Waals surface area (Å²) in [5, 5.41) is 0. The second kappa shape index (κ2) is 7.61. The highest BCUT2D eigenvalue weighted by molar-refractivity contribution is 7.79. The Morgan fingerprint density at radius 2 is 1.72 bits per heavy atom. The van der Waals surface area contributed by atoms with Crippen LogP contribution in [0.2, 0.25) is 0 Å². The first kappa shape index (κ1) is 16.3. The summed E-state index contributed by atoms with van der Waals surface area (Å²) in [7, 11) is -4.67. The molecule has 0 atom stereocenters. The number of nitrogens with zero attached hydrogens (tertiary/aromatic N) is 1. The molecular weight excluding hydrogens is 260 g/mol. The van der Waals surface area contributed by atoms with Gasteiger partial charge in [-0.15, -0.1) is 0 Å². The molecule has 18 heavy (non-hydrogen) atoms. The van der Waals surface area contributed by atoms with Gasteiger partial charge in [-0.1, -0.05) is 24.3 Å². The monoisotopic (exact) mass is 276 g/mol. The first-order valence-electron chi connectivity index (χ1n) is 4.75. The number of hydrogen-bond acceptors (Lipinski definition) is 4. The van der Waals surface area contributed by atoms with Crippen LogP contribution >= 0.6 is 0 Å². The maximum Gasteiger partial charge on any atom is 0.394 e. The van der Waals surface area contributed by atoms with Crippen LogP contribution in [0, 0.1) is 0 Å². The Labute approximate surface area is 105 Å². The zero-order chi connectivity index (χ0) is 14.2. The molecule has 8 N–H and O–H groups in total. The van der Waals surface area contributed by atoms with Gasteiger partial charge in [-0.05, 0) is 11.1 Å². The lowest BCUT2D eigenvalue weighted by molar-refractivity contribution is 0.381. The zero-order valence-corrected chi connectivity index (χ0v) is 10.3. The molecule has 8 nitrogen and oxygen atoms in total. The highest BCUT2D eigenvalue weighted by Crippen LogP contribution is 2.05. The lowest BCUT2D eigenvalue weighted by Crippen LogP contribution is -2.22. The Balaban J connectivity index is 0.000000494. The summed E-state index contributed by atoms with van der Waals surface area (Å²) >= 11 is 0. The molecule has 0 heterocycles. The van der Waals surface area contributed by atoms with Crippen LogP contribution in [0.25, 0.3) is 0 Å². The second-order valence-corrected chi connectivity index (χ2v) is 4.11. The fourth-order valence-corrected chi connectivity index (χ4v) is 1.04. The standard InChI is InChI=1S/C9H14N4.H2O4S/c10-5-7-2-1-3-8(4-7)6-13-9(11)12;1-5(2,3)4/h1-4H,5-6,10H2,(H4,11,12,13);(H2,1,2,3,4). The van der Waals surface area contributed by atoms with Crippen molar-refractivity contribution in [2.24, 2.45) is 22.2 Å². The first-order chi connectivity index (χ1) is 8.22. The topological polar surface area (TPSA) is 165 Å². The molecule has 1 rings (SSSR count). The molecule has 0 bridgehead atoms. The minimum Gasteiger partial charge on any atom is -0.370 e. The van der Waals surface area contributed by atoms with E-state index in [0.717, 1.165) is 11.1 Å². The van der Waals surface area contributed by atoms with E-state index in [-0.39, 0.29) is 5.96 Å². The van der Waals surface area contributed by atoms with E-state index in [4.69, 9.17) is 34.7 Å².